The Labute approximate surface area is 108 Å². The van der Waals surface area contributed by atoms with Crippen LogP contribution in [0.4, 0.5) is 4.39 Å². The first-order valence-electron chi connectivity index (χ1n) is 6.26. The van der Waals surface area contributed by atoms with Crippen LogP contribution in [-0.2, 0) is 9.47 Å². The van der Waals surface area contributed by atoms with E-state index in [1.807, 2.05) is 27.0 Å². The maximum absolute atomic E-state index is 13.2. The van der Waals surface area contributed by atoms with Gasteiger partial charge in [0.1, 0.15) is 5.82 Å². The van der Waals surface area contributed by atoms with Gasteiger partial charge in [0.05, 0.1) is 25.4 Å². The highest BCUT2D eigenvalue weighted by Gasteiger charge is 2.11. The highest BCUT2D eigenvalue weighted by atomic mass is 19.1. The number of halogens is 1. The molecule has 1 rings (SSSR count). The van der Waals surface area contributed by atoms with Gasteiger partial charge >= 0.3 is 0 Å². The molecule has 0 saturated carbocycles. The Bertz CT molecular complexity index is 344. The maximum Gasteiger partial charge on any atom is 0.123 e. The molecule has 0 amide bonds. The smallest absolute Gasteiger partial charge is 0.123 e. The molecule has 1 unspecified atom stereocenters. The highest BCUT2D eigenvalue weighted by molar-refractivity contribution is 5.19. The average molecular weight is 255 g/mol. The molecule has 0 radical (unpaired) electrons. The number of hydrogen-bond acceptors (Lipinski definition) is 3. The molecule has 0 spiro atoms. The lowest BCUT2D eigenvalue weighted by Gasteiger charge is -2.18. The summed E-state index contributed by atoms with van der Waals surface area (Å²) in [7, 11) is 1.85. The molecule has 3 nitrogen and oxygen atoms in total. The van der Waals surface area contributed by atoms with E-state index in [9.17, 15) is 4.39 Å². The quantitative estimate of drug-likeness (QED) is 0.724. The Morgan fingerprint density at radius 1 is 1.22 bits per heavy atom. The van der Waals surface area contributed by atoms with E-state index < -0.39 is 0 Å². The fraction of sp³-hybridized carbons (Fsp3) is 0.571. The summed E-state index contributed by atoms with van der Waals surface area (Å²) in [6.45, 7) is 5.66. The van der Waals surface area contributed by atoms with Crippen molar-refractivity contribution >= 4 is 0 Å². The van der Waals surface area contributed by atoms with E-state index in [4.69, 9.17) is 9.47 Å². The van der Waals surface area contributed by atoms with Crippen molar-refractivity contribution in [2.75, 3.05) is 26.8 Å². The molecule has 0 heterocycles. The number of benzene rings is 1. The first-order chi connectivity index (χ1) is 8.63. The first kappa shape index (κ1) is 15.1. The Morgan fingerprint density at radius 3 is 2.56 bits per heavy atom. The molecule has 0 aromatic heterocycles. The van der Waals surface area contributed by atoms with E-state index in [1.165, 1.54) is 12.1 Å². The average Bonchev–Trinajstić information content (AvgIpc) is 2.33. The van der Waals surface area contributed by atoms with Gasteiger partial charge in [-0.05, 0) is 38.6 Å². The zero-order chi connectivity index (χ0) is 13.4. The molecule has 0 fully saturated rings. The molecular weight excluding hydrogens is 233 g/mol. The van der Waals surface area contributed by atoms with Crippen LogP contribution in [0.15, 0.2) is 24.3 Å². The summed E-state index contributed by atoms with van der Waals surface area (Å²) in [6.07, 6.45) is 0.0481. The lowest BCUT2D eigenvalue weighted by molar-refractivity contribution is -0.0125. The first-order valence-corrected chi connectivity index (χ1v) is 6.26. The highest BCUT2D eigenvalue weighted by Crippen LogP contribution is 2.17. The summed E-state index contributed by atoms with van der Waals surface area (Å²) >= 11 is 0. The number of rotatable bonds is 8. The fourth-order valence-electron chi connectivity index (χ4n) is 1.64. The van der Waals surface area contributed by atoms with Gasteiger partial charge in [-0.25, -0.2) is 4.39 Å². The largest absolute Gasteiger partial charge is 0.376 e. The van der Waals surface area contributed by atoms with Crippen molar-refractivity contribution in [2.45, 2.75) is 26.1 Å². The van der Waals surface area contributed by atoms with Gasteiger partial charge in [-0.15, -0.1) is 0 Å². The minimum absolute atomic E-state index is 0.151. The van der Waals surface area contributed by atoms with Crippen molar-refractivity contribution in [3.8, 4) is 0 Å². The van der Waals surface area contributed by atoms with Crippen LogP contribution < -0.4 is 5.32 Å². The Hall–Kier alpha value is -0.970. The fourth-order valence-corrected chi connectivity index (χ4v) is 1.64. The molecule has 102 valence electrons. The number of nitrogens with one attached hydrogen (secondary N) is 1. The van der Waals surface area contributed by atoms with Gasteiger partial charge in [0.25, 0.3) is 0 Å². The molecule has 0 aliphatic rings. The second-order valence-corrected chi connectivity index (χ2v) is 4.39. The van der Waals surface area contributed by atoms with Crippen molar-refractivity contribution < 1.29 is 13.9 Å². The standard InChI is InChI=1S/C14H22FNO2/c1-11(2)17-7-8-18-14(10-16-3)12-5-4-6-13(15)9-12/h4-6,9,11,14,16H,7-8,10H2,1-3H3. The molecule has 4 heteroatoms. The molecule has 1 aromatic rings. The second-order valence-electron chi connectivity index (χ2n) is 4.39. The van der Waals surface area contributed by atoms with Crippen LogP contribution in [0.1, 0.15) is 25.5 Å². The van der Waals surface area contributed by atoms with Crippen molar-refractivity contribution in [2.24, 2.45) is 0 Å². The predicted octanol–water partition coefficient (Wildman–Crippen LogP) is 2.53. The molecule has 18 heavy (non-hydrogen) atoms. The van der Waals surface area contributed by atoms with Crippen LogP contribution in [0.2, 0.25) is 0 Å². The van der Waals surface area contributed by atoms with E-state index in [-0.39, 0.29) is 18.0 Å². The summed E-state index contributed by atoms with van der Waals surface area (Å²) in [5.74, 6) is -0.240. The number of ether oxygens (including phenoxy) is 2. The third-order valence-electron chi connectivity index (χ3n) is 2.46. The van der Waals surface area contributed by atoms with Gasteiger partial charge in [-0.1, -0.05) is 12.1 Å². The minimum Gasteiger partial charge on any atom is -0.376 e. The molecule has 0 saturated heterocycles. The molecule has 0 aliphatic heterocycles. The van der Waals surface area contributed by atoms with Gasteiger partial charge < -0.3 is 14.8 Å². The van der Waals surface area contributed by atoms with Crippen molar-refractivity contribution in [1.82, 2.24) is 5.32 Å². The van der Waals surface area contributed by atoms with Crippen molar-refractivity contribution in [1.29, 1.82) is 0 Å². The molecule has 1 aromatic carbocycles. The van der Waals surface area contributed by atoms with Crippen molar-refractivity contribution in [3.05, 3.63) is 35.6 Å². The van der Waals surface area contributed by atoms with Gasteiger partial charge in [-0.2, -0.15) is 0 Å². The Morgan fingerprint density at radius 2 is 1.94 bits per heavy atom. The van der Waals surface area contributed by atoms with Crippen LogP contribution in [0.5, 0.6) is 0 Å². The van der Waals surface area contributed by atoms with Gasteiger partial charge in [0.15, 0.2) is 0 Å². The van der Waals surface area contributed by atoms with Gasteiger partial charge in [-0.3, -0.25) is 0 Å². The summed E-state index contributed by atoms with van der Waals surface area (Å²) in [6, 6.07) is 6.50. The summed E-state index contributed by atoms with van der Waals surface area (Å²) in [5, 5.41) is 3.05. The normalized spacial score (nSPS) is 12.9. The van der Waals surface area contributed by atoms with Crippen LogP contribution in [0, 0.1) is 5.82 Å². The topological polar surface area (TPSA) is 30.5 Å². The number of hydrogen-bond donors (Lipinski definition) is 1. The summed E-state index contributed by atoms with van der Waals surface area (Å²) < 4.78 is 24.3. The van der Waals surface area contributed by atoms with Crippen LogP contribution in [0.25, 0.3) is 0 Å². The third kappa shape index (κ3) is 5.58. The molecule has 0 bridgehead atoms. The summed E-state index contributed by atoms with van der Waals surface area (Å²) in [4.78, 5) is 0. The Kier molecular flexibility index (Phi) is 6.86. The van der Waals surface area contributed by atoms with Crippen LogP contribution in [0.3, 0.4) is 0 Å². The molecule has 1 atom stereocenters. The maximum atomic E-state index is 13.2. The lowest BCUT2D eigenvalue weighted by Crippen LogP contribution is -2.22. The van der Waals surface area contributed by atoms with E-state index in [2.05, 4.69) is 5.32 Å². The van der Waals surface area contributed by atoms with Gasteiger partial charge in [0.2, 0.25) is 0 Å². The second kappa shape index (κ2) is 8.19. The molecule has 0 aliphatic carbocycles. The Balaban J connectivity index is 2.49. The zero-order valence-corrected chi connectivity index (χ0v) is 11.3. The monoisotopic (exact) mass is 255 g/mol. The SMILES string of the molecule is CNCC(OCCOC(C)C)c1cccc(F)c1. The van der Waals surface area contributed by atoms with E-state index in [0.29, 0.717) is 19.8 Å². The number of likely N-dealkylation sites (N-methyl/N-ethyl adjacent to an activating group) is 1. The van der Waals surface area contributed by atoms with Gasteiger partial charge in [0, 0.05) is 6.54 Å². The molecular formula is C14H22FNO2. The summed E-state index contributed by atoms with van der Waals surface area (Å²) in [5.41, 5.74) is 0.842. The molecule has 1 N–H and O–H groups in total. The lowest BCUT2D eigenvalue weighted by atomic mass is 10.1. The van der Waals surface area contributed by atoms with E-state index >= 15 is 0 Å². The van der Waals surface area contributed by atoms with E-state index in [0.717, 1.165) is 5.56 Å². The van der Waals surface area contributed by atoms with Crippen LogP contribution >= 0.6 is 0 Å². The third-order valence-corrected chi connectivity index (χ3v) is 2.46. The van der Waals surface area contributed by atoms with Crippen molar-refractivity contribution in [3.63, 3.8) is 0 Å². The predicted molar refractivity (Wildman–Crippen MR) is 70.1 cm³/mol. The minimum atomic E-state index is -0.240. The zero-order valence-electron chi connectivity index (χ0n) is 11.3. The van der Waals surface area contributed by atoms with Crippen LogP contribution in [-0.4, -0.2) is 32.9 Å². The van der Waals surface area contributed by atoms with E-state index in [1.54, 1.807) is 6.07 Å².